The Hall–Kier alpha value is -1.66. The van der Waals surface area contributed by atoms with Gasteiger partial charge in [-0.15, -0.1) is 0 Å². The standard InChI is InChI=1S/C13H15N3O2S/c1-13(18)6-7-16(8-13)12(17)15-11-14-9-4-2-3-5-10(9)19-11/h2-5,18H,6-8H2,1H3,(H,14,15,17)/t13-/m0/s1. The lowest BCUT2D eigenvalue weighted by molar-refractivity contribution is 0.0727. The van der Waals surface area contributed by atoms with Crippen LogP contribution in [-0.2, 0) is 0 Å². The average molecular weight is 277 g/mol. The van der Waals surface area contributed by atoms with Crippen molar-refractivity contribution >= 4 is 32.7 Å². The third-order valence-electron chi connectivity index (χ3n) is 3.25. The van der Waals surface area contributed by atoms with Crippen LogP contribution in [0.1, 0.15) is 13.3 Å². The maximum absolute atomic E-state index is 12.0. The summed E-state index contributed by atoms with van der Waals surface area (Å²) in [5.41, 5.74) is 0.113. The van der Waals surface area contributed by atoms with Gasteiger partial charge in [-0.25, -0.2) is 9.78 Å². The minimum Gasteiger partial charge on any atom is -0.388 e. The van der Waals surface area contributed by atoms with Gasteiger partial charge in [-0.1, -0.05) is 23.5 Å². The van der Waals surface area contributed by atoms with E-state index in [0.29, 0.717) is 24.6 Å². The first-order chi connectivity index (χ1) is 9.03. The Kier molecular flexibility index (Phi) is 2.91. The molecule has 6 heteroatoms. The number of carbonyl (C=O) groups excluding carboxylic acids is 1. The Morgan fingerprint density at radius 1 is 1.53 bits per heavy atom. The number of benzene rings is 1. The molecule has 2 amide bonds. The first kappa shape index (κ1) is 12.4. The van der Waals surface area contributed by atoms with E-state index >= 15 is 0 Å². The van der Waals surface area contributed by atoms with Gasteiger partial charge in [-0.05, 0) is 25.5 Å². The molecular weight excluding hydrogens is 262 g/mol. The number of likely N-dealkylation sites (tertiary alicyclic amines) is 1. The molecule has 2 heterocycles. The first-order valence-electron chi connectivity index (χ1n) is 6.17. The van der Waals surface area contributed by atoms with Gasteiger partial charge in [0.25, 0.3) is 0 Å². The van der Waals surface area contributed by atoms with Crippen LogP contribution in [0.25, 0.3) is 10.2 Å². The SMILES string of the molecule is C[C@]1(O)CCN(C(=O)Nc2nc3ccccc3s2)C1. The van der Waals surface area contributed by atoms with Crippen LogP contribution in [0, 0.1) is 0 Å². The molecule has 1 aromatic carbocycles. The van der Waals surface area contributed by atoms with Gasteiger partial charge < -0.3 is 10.0 Å². The molecule has 2 aromatic rings. The van der Waals surface area contributed by atoms with E-state index in [1.165, 1.54) is 11.3 Å². The van der Waals surface area contributed by atoms with Gasteiger partial charge in [0.1, 0.15) is 0 Å². The number of carbonyl (C=O) groups is 1. The number of para-hydroxylation sites is 1. The second-order valence-corrected chi connectivity index (χ2v) is 6.12. The Morgan fingerprint density at radius 3 is 3.00 bits per heavy atom. The smallest absolute Gasteiger partial charge is 0.323 e. The van der Waals surface area contributed by atoms with Gasteiger partial charge in [-0.2, -0.15) is 0 Å². The molecule has 3 rings (SSSR count). The predicted octanol–water partition coefficient (Wildman–Crippen LogP) is 2.28. The first-order valence-corrected chi connectivity index (χ1v) is 6.99. The van der Waals surface area contributed by atoms with E-state index in [9.17, 15) is 9.90 Å². The van der Waals surface area contributed by atoms with Gasteiger partial charge in [0, 0.05) is 6.54 Å². The number of anilines is 1. The molecule has 0 radical (unpaired) electrons. The van der Waals surface area contributed by atoms with Gasteiger partial charge in [0.05, 0.1) is 22.4 Å². The van der Waals surface area contributed by atoms with Crippen molar-refractivity contribution in [1.82, 2.24) is 9.88 Å². The molecule has 100 valence electrons. The van der Waals surface area contributed by atoms with Gasteiger partial charge in [0.15, 0.2) is 5.13 Å². The molecule has 0 aliphatic carbocycles. The quantitative estimate of drug-likeness (QED) is 0.840. The molecule has 1 aliphatic heterocycles. The van der Waals surface area contributed by atoms with Crippen LogP contribution in [0.2, 0.25) is 0 Å². The summed E-state index contributed by atoms with van der Waals surface area (Å²) in [4.78, 5) is 18.0. The fourth-order valence-corrected chi connectivity index (χ4v) is 3.07. The topological polar surface area (TPSA) is 65.5 Å². The Bertz CT molecular complexity index is 590. The lowest BCUT2D eigenvalue weighted by atomic mass is 10.1. The Labute approximate surface area is 114 Å². The molecule has 1 atom stereocenters. The van der Waals surface area contributed by atoms with E-state index in [1.807, 2.05) is 24.3 Å². The monoisotopic (exact) mass is 277 g/mol. The lowest BCUT2D eigenvalue weighted by Crippen LogP contribution is -2.36. The molecule has 2 N–H and O–H groups in total. The van der Waals surface area contributed by atoms with Crippen molar-refractivity contribution in [1.29, 1.82) is 0 Å². The number of aliphatic hydroxyl groups is 1. The molecule has 0 spiro atoms. The predicted molar refractivity (Wildman–Crippen MR) is 75.5 cm³/mol. The van der Waals surface area contributed by atoms with Crippen LogP contribution in [0.5, 0.6) is 0 Å². The zero-order valence-electron chi connectivity index (χ0n) is 10.6. The third-order valence-corrected chi connectivity index (χ3v) is 4.20. The highest BCUT2D eigenvalue weighted by Crippen LogP contribution is 2.26. The largest absolute Gasteiger partial charge is 0.388 e. The fraction of sp³-hybridized carbons (Fsp3) is 0.385. The molecule has 1 saturated heterocycles. The van der Waals surface area contributed by atoms with Crippen LogP contribution >= 0.6 is 11.3 Å². The van der Waals surface area contributed by atoms with Crippen molar-refractivity contribution < 1.29 is 9.90 Å². The summed E-state index contributed by atoms with van der Waals surface area (Å²) >= 11 is 1.45. The van der Waals surface area contributed by atoms with Crippen LogP contribution in [-0.4, -0.2) is 39.7 Å². The van der Waals surface area contributed by atoms with Crippen molar-refractivity contribution in [2.75, 3.05) is 18.4 Å². The van der Waals surface area contributed by atoms with Gasteiger partial charge >= 0.3 is 6.03 Å². The molecule has 1 fully saturated rings. The summed E-state index contributed by atoms with van der Waals surface area (Å²) in [6.45, 7) is 2.69. The minimum atomic E-state index is -0.773. The van der Waals surface area contributed by atoms with E-state index < -0.39 is 5.60 Å². The summed E-state index contributed by atoms with van der Waals surface area (Å²) in [6.07, 6.45) is 0.611. The number of rotatable bonds is 1. The number of urea groups is 1. The molecule has 19 heavy (non-hydrogen) atoms. The number of amides is 2. The number of β-amino-alcohol motifs (C(OH)–C–C–N with tert-alkyl or cyclic N) is 1. The van der Waals surface area contributed by atoms with E-state index in [4.69, 9.17) is 0 Å². The van der Waals surface area contributed by atoms with Crippen molar-refractivity contribution in [3.63, 3.8) is 0 Å². The molecule has 1 aliphatic rings. The normalized spacial score (nSPS) is 22.9. The Balaban J connectivity index is 1.73. The highest BCUT2D eigenvalue weighted by atomic mass is 32.1. The molecule has 0 saturated carbocycles. The molecule has 1 aromatic heterocycles. The van der Waals surface area contributed by atoms with E-state index in [2.05, 4.69) is 10.3 Å². The number of nitrogens with zero attached hydrogens (tertiary/aromatic N) is 2. The lowest BCUT2D eigenvalue weighted by Gasteiger charge is -2.18. The van der Waals surface area contributed by atoms with Crippen LogP contribution < -0.4 is 5.32 Å². The van der Waals surface area contributed by atoms with Gasteiger partial charge in [0.2, 0.25) is 0 Å². The average Bonchev–Trinajstić information content (AvgIpc) is 2.91. The molecule has 0 unspecified atom stereocenters. The molecule has 0 bridgehead atoms. The summed E-state index contributed by atoms with van der Waals surface area (Å²) < 4.78 is 1.05. The van der Waals surface area contributed by atoms with Crippen molar-refractivity contribution in [2.24, 2.45) is 0 Å². The molecule has 5 nitrogen and oxygen atoms in total. The van der Waals surface area contributed by atoms with Crippen LogP contribution in [0.15, 0.2) is 24.3 Å². The van der Waals surface area contributed by atoms with Crippen LogP contribution in [0.4, 0.5) is 9.93 Å². The summed E-state index contributed by atoms with van der Waals surface area (Å²) in [7, 11) is 0. The summed E-state index contributed by atoms with van der Waals surface area (Å²) in [6, 6.07) is 7.57. The van der Waals surface area contributed by atoms with Gasteiger partial charge in [-0.3, -0.25) is 5.32 Å². The minimum absolute atomic E-state index is 0.197. The van der Waals surface area contributed by atoms with E-state index in [1.54, 1.807) is 11.8 Å². The number of aromatic nitrogens is 1. The number of nitrogens with one attached hydrogen (secondary N) is 1. The second kappa shape index (κ2) is 4.47. The second-order valence-electron chi connectivity index (χ2n) is 5.09. The van der Waals surface area contributed by atoms with Crippen LogP contribution in [0.3, 0.4) is 0 Å². The van der Waals surface area contributed by atoms with E-state index in [0.717, 1.165) is 10.2 Å². The number of fused-ring (bicyclic) bond motifs is 1. The third kappa shape index (κ3) is 2.54. The maximum atomic E-state index is 12.0. The zero-order chi connectivity index (χ0) is 13.5. The number of hydrogen-bond acceptors (Lipinski definition) is 4. The fourth-order valence-electron chi connectivity index (χ4n) is 2.21. The number of hydrogen-bond donors (Lipinski definition) is 2. The van der Waals surface area contributed by atoms with Crippen molar-refractivity contribution in [3.05, 3.63) is 24.3 Å². The highest BCUT2D eigenvalue weighted by Gasteiger charge is 2.34. The van der Waals surface area contributed by atoms with Crippen molar-refractivity contribution in [3.8, 4) is 0 Å². The number of thiazole rings is 1. The highest BCUT2D eigenvalue weighted by molar-refractivity contribution is 7.22. The maximum Gasteiger partial charge on any atom is 0.323 e. The van der Waals surface area contributed by atoms with E-state index in [-0.39, 0.29) is 6.03 Å². The zero-order valence-corrected chi connectivity index (χ0v) is 11.4. The summed E-state index contributed by atoms with van der Waals surface area (Å²) in [5.74, 6) is 0. The molecular formula is C13H15N3O2S. The van der Waals surface area contributed by atoms with Crippen molar-refractivity contribution in [2.45, 2.75) is 18.9 Å². The summed E-state index contributed by atoms with van der Waals surface area (Å²) in [5, 5.41) is 13.2. The Morgan fingerprint density at radius 2 is 2.32 bits per heavy atom.